The zero-order valence-corrected chi connectivity index (χ0v) is 13.5. The lowest BCUT2D eigenvalue weighted by atomic mass is 10.2. The normalized spacial score (nSPS) is 10.3. The van der Waals surface area contributed by atoms with Gasteiger partial charge in [-0.15, -0.1) is 0 Å². The Morgan fingerprint density at radius 2 is 1.84 bits per heavy atom. The molecule has 0 heterocycles. The Hall–Kier alpha value is -1.04. The molecule has 0 atom stereocenters. The smallest absolute Gasteiger partial charge is 0.141 e. The molecule has 100 valence electrons. The number of hydrogen-bond acceptors (Lipinski definition) is 3. The zero-order valence-electron chi connectivity index (χ0n) is 10.3. The quantitative estimate of drug-likeness (QED) is 0.842. The van der Waals surface area contributed by atoms with Crippen molar-refractivity contribution in [1.82, 2.24) is 0 Å². The minimum Gasteiger partial charge on any atom is -0.497 e. The number of ether oxygens (including phenoxy) is 2. The van der Waals surface area contributed by atoms with Crippen LogP contribution >= 0.6 is 31.9 Å². The summed E-state index contributed by atoms with van der Waals surface area (Å²) in [5, 5.41) is 0. The van der Waals surface area contributed by atoms with Crippen molar-refractivity contribution in [2.75, 3.05) is 7.11 Å². The first kappa shape index (κ1) is 14.4. The van der Waals surface area contributed by atoms with Gasteiger partial charge in [-0.3, -0.25) is 0 Å². The van der Waals surface area contributed by atoms with Gasteiger partial charge in [0.2, 0.25) is 0 Å². The van der Waals surface area contributed by atoms with Crippen molar-refractivity contribution in [3.8, 4) is 17.2 Å². The number of rotatable bonds is 4. The predicted molar refractivity (Wildman–Crippen MR) is 82.8 cm³/mol. The van der Waals surface area contributed by atoms with Crippen LogP contribution in [0.15, 0.2) is 45.3 Å². The molecule has 2 N–H and O–H groups in total. The molecule has 0 saturated heterocycles. The molecule has 0 saturated carbocycles. The molecule has 0 aliphatic heterocycles. The first-order chi connectivity index (χ1) is 9.13. The Balaban J connectivity index is 2.36. The third-order valence-corrected chi connectivity index (χ3v) is 3.72. The van der Waals surface area contributed by atoms with Crippen LogP contribution in [0.25, 0.3) is 0 Å². The molecule has 0 amide bonds. The average Bonchev–Trinajstić information content (AvgIpc) is 2.41. The van der Waals surface area contributed by atoms with Crippen molar-refractivity contribution < 1.29 is 9.47 Å². The van der Waals surface area contributed by atoms with Crippen LogP contribution in [0.5, 0.6) is 17.2 Å². The van der Waals surface area contributed by atoms with E-state index in [0.717, 1.165) is 26.0 Å². The van der Waals surface area contributed by atoms with E-state index >= 15 is 0 Å². The van der Waals surface area contributed by atoms with Gasteiger partial charge < -0.3 is 15.2 Å². The van der Waals surface area contributed by atoms with E-state index in [-0.39, 0.29) is 0 Å². The summed E-state index contributed by atoms with van der Waals surface area (Å²) in [5.74, 6) is 2.16. The molecule has 2 aromatic rings. The molecular weight excluding hydrogens is 374 g/mol. The summed E-state index contributed by atoms with van der Waals surface area (Å²) in [4.78, 5) is 0. The highest BCUT2D eigenvalue weighted by atomic mass is 79.9. The molecule has 0 aromatic heterocycles. The van der Waals surface area contributed by atoms with Gasteiger partial charge in [0.1, 0.15) is 17.2 Å². The predicted octanol–water partition coefficient (Wildman–Crippen LogP) is 4.47. The minimum atomic E-state index is 0.410. The SMILES string of the molecule is COc1ccc(CN)c(Oc2ccc(Br)cc2Br)c1. The highest BCUT2D eigenvalue weighted by molar-refractivity contribution is 9.11. The van der Waals surface area contributed by atoms with Crippen molar-refractivity contribution in [2.24, 2.45) is 5.73 Å². The van der Waals surface area contributed by atoms with Crippen molar-refractivity contribution in [1.29, 1.82) is 0 Å². The summed E-state index contributed by atoms with van der Waals surface area (Å²) in [6, 6.07) is 11.3. The first-order valence-electron chi connectivity index (χ1n) is 5.64. The van der Waals surface area contributed by atoms with Gasteiger partial charge in [-0.05, 0) is 40.2 Å². The maximum atomic E-state index is 5.90. The van der Waals surface area contributed by atoms with Gasteiger partial charge in [0.15, 0.2) is 0 Å². The third-order valence-electron chi connectivity index (χ3n) is 2.61. The second-order valence-electron chi connectivity index (χ2n) is 3.85. The van der Waals surface area contributed by atoms with Crippen LogP contribution in [0.1, 0.15) is 5.56 Å². The van der Waals surface area contributed by atoms with Gasteiger partial charge in [-0.25, -0.2) is 0 Å². The molecule has 0 unspecified atom stereocenters. The Kier molecular flexibility index (Phi) is 4.85. The van der Waals surface area contributed by atoms with E-state index in [1.54, 1.807) is 7.11 Å². The summed E-state index contributed by atoms with van der Waals surface area (Å²) in [6.07, 6.45) is 0. The van der Waals surface area contributed by atoms with Gasteiger partial charge in [-0.1, -0.05) is 22.0 Å². The van der Waals surface area contributed by atoms with Crippen molar-refractivity contribution in [2.45, 2.75) is 6.54 Å². The Morgan fingerprint density at radius 1 is 1.05 bits per heavy atom. The van der Waals surface area contributed by atoms with Crippen LogP contribution in [0, 0.1) is 0 Å². The summed E-state index contributed by atoms with van der Waals surface area (Å²) in [5.41, 5.74) is 6.64. The van der Waals surface area contributed by atoms with Crippen LogP contribution < -0.4 is 15.2 Å². The lowest BCUT2D eigenvalue weighted by molar-refractivity contribution is 0.408. The number of hydrogen-bond donors (Lipinski definition) is 1. The van der Waals surface area contributed by atoms with E-state index in [1.165, 1.54) is 0 Å². The maximum Gasteiger partial charge on any atom is 0.141 e. The van der Waals surface area contributed by atoms with Gasteiger partial charge >= 0.3 is 0 Å². The molecule has 0 aliphatic carbocycles. The molecule has 0 radical (unpaired) electrons. The molecule has 3 nitrogen and oxygen atoms in total. The van der Waals surface area contributed by atoms with Crippen LogP contribution in [0.3, 0.4) is 0 Å². The molecule has 0 spiro atoms. The maximum absolute atomic E-state index is 5.90. The molecule has 19 heavy (non-hydrogen) atoms. The fourth-order valence-electron chi connectivity index (χ4n) is 1.60. The van der Waals surface area contributed by atoms with Crippen molar-refractivity contribution >= 4 is 31.9 Å². The second kappa shape index (κ2) is 6.41. The first-order valence-corrected chi connectivity index (χ1v) is 7.22. The number of halogens is 2. The van der Waals surface area contributed by atoms with E-state index in [1.807, 2.05) is 36.4 Å². The zero-order chi connectivity index (χ0) is 13.8. The molecule has 0 bridgehead atoms. The van der Waals surface area contributed by atoms with Crippen LogP contribution in [-0.2, 0) is 6.54 Å². The fraction of sp³-hybridized carbons (Fsp3) is 0.143. The molecule has 0 aliphatic rings. The topological polar surface area (TPSA) is 44.5 Å². The molecule has 5 heteroatoms. The van der Waals surface area contributed by atoms with Crippen LogP contribution in [0.4, 0.5) is 0 Å². The summed E-state index contributed by atoms with van der Waals surface area (Å²) in [7, 11) is 1.62. The second-order valence-corrected chi connectivity index (χ2v) is 5.62. The van der Waals surface area contributed by atoms with Gasteiger partial charge in [0, 0.05) is 22.6 Å². The molecule has 0 fully saturated rings. The van der Waals surface area contributed by atoms with E-state index in [4.69, 9.17) is 15.2 Å². The lowest BCUT2D eigenvalue weighted by Gasteiger charge is -2.13. The molecule has 2 aromatic carbocycles. The van der Waals surface area contributed by atoms with E-state index < -0.39 is 0 Å². The third kappa shape index (κ3) is 3.49. The summed E-state index contributed by atoms with van der Waals surface area (Å²) < 4.78 is 13.0. The highest BCUT2D eigenvalue weighted by Crippen LogP contribution is 2.34. The number of methoxy groups -OCH3 is 1. The Bertz CT molecular complexity index is 588. The van der Waals surface area contributed by atoms with Gasteiger partial charge in [0.05, 0.1) is 11.6 Å². The minimum absolute atomic E-state index is 0.410. The van der Waals surface area contributed by atoms with Gasteiger partial charge in [-0.2, -0.15) is 0 Å². The Morgan fingerprint density at radius 3 is 2.47 bits per heavy atom. The number of nitrogens with two attached hydrogens (primary N) is 1. The largest absolute Gasteiger partial charge is 0.497 e. The lowest BCUT2D eigenvalue weighted by Crippen LogP contribution is -2.00. The molecular formula is C14H13Br2NO2. The standard InChI is InChI=1S/C14H13Br2NO2/c1-18-11-4-2-9(8-17)14(7-11)19-13-5-3-10(15)6-12(13)16/h2-7H,8,17H2,1H3. The monoisotopic (exact) mass is 385 g/mol. The Labute approximate surface area is 129 Å². The van der Waals surface area contributed by atoms with Crippen LogP contribution in [-0.4, -0.2) is 7.11 Å². The van der Waals surface area contributed by atoms with Crippen molar-refractivity contribution in [3.05, 3.63) is 50.9 Å². The van der Waals surface area contributed by atoms with Crippen LogP contribution in [0.2, 0.25) is 0 Å². The van der Waals surface area contributed by atoms with Gasteiger partial charge in [0.25, 0.3) is 0 Å². The number of benzene rings is 2. The molecule has 2 rings (SSSR count). The summed E-state index contributed by atoms with van der Waals surface area (Å²) >= 11 is 6.88. The summed E-state index contributed by atoms with van der Waals surface area (Å²) in [6.45, 7) is 0.410. The van der Waals surface area contributed by atoms with E-state index in [9.17, 15) is 0 Å². The van der Waals surface area contributed by atoms with E-state index in [0.29, 0.717) is 12.3 Å². The van der Waals surface area contributed by atoms with Crippen molar-refractivity contribution in [3.63, 3.8) is 0 Å². The average molecular weight is 387 g/mol. The fourth-order valence-corrected chi connectivity index (χ4v) is 2.73. The highest BCUT2D eigenvalue weighted by Gasteiger charge is 2.08. The van der Waals surface area contributed by atoms with E-state index in [2.05, 4.69) is 31.9 Å².